The molecule has 0 saturated heterocycles. The number of hydrogen-bond donors (Lipinski definition) is 0. The van der Waals surface area contributed by atoms with Crippen LogP contribution in [-0.2, 0) is 27.1 Å². The van der Waals surface area contributed by atoms with Gasteiger partial charge in [-0.05, 0) is 152 Å². The summed E-state index contributed by atoms with van der Waals surface area (Å²) in [5.41, 5.74) is 28.8. The van der Waals surface area contributed by atoms with E-state index in [1.54, 1.807) is 0 Å². The van der Waals surface area contributed by atoms with Gasteiger partial charge in [0.05, 0.1) is 22.5 Å². The van der Waals surface area contributed by atoms with Gasteiger partial charge in [-0.15, -0.1) is 0 Å². The number of rotatable bonds is 8. The highest BCUT2D eigenvalue weighted by Gasteiger charge is 2.51. The Morgan fingerprint density at radius 3 is 1.08 bits per heavy atom. The fourth-order valence-electron chi connectivity index (χ4n) is 13.7. The number of para-hydroxylation sites is 1. The highest BCUT2D eigenvalue weighted by Crippen LogP contribution is 2.65. The molecule has 0 saturated carbocycles. The second-order valence-corrected chi connectivity index (χ2v) is 28.2. The molecule has 0 amide bonds. The standard InChI is InChI=1S/C84H79N/c1-80(2,3)65-45-60(46-66(53-65)81(4,5)6)58-41-43-71-73(49-58)84(63-35-24-16-25-36-63,64-37-26-17-27-38-64)74-50-62(55-29-18-13-19-30-55)52-76-78(74)77(71)72-44-42-59(61-47-67(82(7,8)9)54-68(48-61)83(10,11)12)51-75(72)85(76)79-69(56-31-20-14-21-32-56)39-28-40-70(79)57-33-22-15-23-34-57/h13-54,77H,1-12H3. The number of hydrogen-bond acceptors (Lipinski definition) is 1. The highest BCUT2D eigenvalue weighted by molar-refractivity contribution is 6.02. The van der Waals surface area contributed by atoms with Crippen molar-refractivity contribution in [1.82, 2.24) is 0 Å². The van der Waals surface area contributed by atoms with E-state index in [-0.39, 0.29) is 27.6 Å². The topological polar surface area (TPSA) is 3.24 Å². The lowest BCUT2D eigenvalue weighted by atomic mass is 9.55. The van der Waals surface area contributed by atoms with Gasteiger partial charge in [0.1, 0.15) is 0 Å². The molecule has 85 heavy (non-hydrogen) atoms. The van der Waals surface area contributed by atoms with Gasteiger partial charge in [0.2, 0.25) is 0 Å². The Bertz CT molecular complexity index is 4130. The lowest BCUT2D eigenvalue weighted by Crippen LogP contribution is -2.40. The smallest absolute Gasteiger partial charge is 0.0708 e. The van der Waals surface area contributed by atoms with E-state index < -0.39 is 5.41 Å². The Morgan fingerprint density at radius 1 is 0.282 bits per heavy atom. The zero-order valence-corrected chi connectivity index (χ0v) is 51.8. The second-order valence-electron chi connectivity index (χ2n) is 28.2. The van der Waals surface area contributed by atoms with Crippen molar-refractivity contribution in [3.05, 3.63) is 316 Å². The monoisotopic (exact) mass is 1100 g/mol. The first-order chi connectivity index (χ1) is 40.7. The summed E-state index contributed by atoms with van der Waals surface area (Å²) < 4.78 is 0. The lowest BCUT2D eigenvalue weighted by Gasteiger charge is -2.50. The first-order valence-corrected chi connectivity index (χ1v) is 30.7. The van der Waals surface area contributed by atoms with Crippen molar-refractivity contribution < 1.29 is 0 Å². The number of anilines is 3. The van der Waals surface area contributed by atoms with E-state index in [1.807, 2.05) is 0 Å². The molecule has 0 N–H and O–H groups in total. The Kier molecular flexibility index (Phi) is 13.5. The lowest BCUT2D eigenvalue weighted by molar-refractivity contribution is 0.568. The van der Waals surface area contributed by atoms with Crippen molar-refractivity contribution in [2.45, 2.75) is 116 Å². The fraction of sp³-hybridized carbons (Fsp3) is 0.214. The third kappa shape index (κ3) is 9.76. The zero-order chi connectivity index (χ0) is 59.2. The van der Waals surface area contributed by atoms with Gasteiger partial charge in [-0.2, -0.15) is 0 Å². The first-order valence-electron chi connectivity index (χ1n) is 30.7. The molecular formula is C84H79N. The molecule has 13 rings (SSSR count). The van der Waals surface area contributed by atoms with Crippen LogP contribution in [0.4, 0.5) is 17.1 Å². The van der Waals surface area contributed by atoms with Gasteiger partial charge in [-0.1, -0.05) is 314 Å². The average molecular weight is 1100 g/mol. The molecule has 11 aromatic carbocycles. The molecule has 420 valence electrons. The highest BCUT2D eigenvalue weighted by atomic mass is 15.2. The van der Waals surface area contributed by atoms with Crippen LogP contribution in [0.5, 0.6) is 0 Å². The van der Waals surface area contributed by atoms with Crippen LogP contribution in [0.25, 0.3) is 55.6 Å². The molecule has 1 atom stereocenters. The summed E-state index contributed by atoms with van der Waals surface area (Å²) in [4.78, 5) is 2.70. The van der Waals surface area contributed by atoms with Crippen LogP contribution in [0.3, 0.4) is 0 Å². The normalized spacial score (nSPS) is 14.5. The van der Waals surface area contributed by atoms with Crippen molar-refractivity contribution >= 4 is 17.1 Å². The Morgan fingerprint density at radius 2 is 0.647 bits per heavy atom. The minimum Gasteiger partial charge on any atom is -0.309 e. The van der Waals surface area contributed by atoms with E-state index in [4.69, 9.17) is 0 Å². The third-order valence-electron chi connectivity index (χ3n) is 18.4. The Labute approximate surface area is 506 Å². The number of nitrogens with zero attached hydrogens (tertiary/aromatic N) is 1. The number of benzene rings is 11. The Hall–Kier alpha value is -8.78. The van der Waals surface area contributed by atoms with Gasteiger partial charge in [0, 0.05) is 17.0 Å². The summed E-state index contributed by atoms with van der Waals surface area (Å²) in [6.45, 7) is 28.2. The fourth-order valence-corrected chi connectivity index (χ4v) is 13.7. The van der Waals surface area contributed by atoms with E-state index in [1.165, 1.54) is 128 Å². The van der Waals surface area contributed by atoms with E-state index >= 15 is 0 Å². The summed E-state index contributed by atoms with van der Waals surface area (Å²) in [5, 5.41) is 0. The molecular weight excluding hydrogens is 1020 g/mol. The van der Waals surface area contributed by atoms with Crippen LogP contribution in [0.2, 0.25) is 0 Å². The molecule has 1 heteroatoms. The van der Waals surface area contributed by atoms with Crippen molar-refractivity contribution in [3.8, 4) is 55.6 Å². The summed E-state index contributed by atoms with van der Waals surface area (Å²) in [6, 6.07) is 98.0. The SMILES string of the molecule is CC(C)(C)c1cc(-c2ccc3c(c2)N(c2c(-c4ccccc4)cccc2-c2ccccc2)c2cc(-c4ccccc4)cc4c2C3c2ccc(-c3cc(C(C)(C)C)cc(C(C)(C)C)c3)cc2C4(c2ccccc2)c2ccccc2)cc(C(C)(C)C)c1. The largest absolute Gasteiger partial charge is 0.309 e. The number of fused-ring (bicyclic) bond motifs is 4. The minimum atomic E-state index is -0.769. The van der Waals surface area contributed by atoms with Gasteiger partial charge >= 0.3 is 0 Å². The molecule has 1 unspecified atom stereocenters. The maximum atomic E-state index is 2.70. The van der Waals surface area contributed by atoms with Crippen LogP contribution in [0.1, 0.15) is 150 Å². The van der Waals surface area contributed by atoms with E-state index in [0.717, 1.165) is 5.69 Å². The van der Waals surface area contributed by atoms with Crippen LogP contribution in [0, 0.1) is 0 Å². The van der Waals surface area contributed by atoms with Crippen LogP contribution in [-0.4, -0.2) is 0 Å². The summed E-state index contributed by atoms with van der Waals surface area (Å²) in [5.74, 6) is -0.138. The van der Waals surface area contributed by atoms with Crippen molar-refractivity contribution in [1.29, 1.82) is 0 Å². The maximum Gasteiger partial charge on any atom is 0.0708 e. The molecule has 0 bridgehead atoms. The molecule has 0 fully saturated rings. The van der Waals surface area contributed by atoms with Crippen molar-refractivity contribution in [2.75, 3.05) is 4.90 Å². The first kappa shape index (κ1) is 55.4. The minimum absolute atomic E-state index is 0.0519. The Balaban J connectivity index is 1.23. The van der Waals surface area contributed by atoms with Gasteiger partial charge in [-0.3, -0.25) is 0 Å². The molecule has 1 aliphatic heterocycles. The maximum absolute atomic E-state index is 2.70. The van der Waals surface area contributed by atoms with Crippen LogP contribution < -0.4 is 4.90 Å². The quantitative estimate of drug-likeness (QED) is 0.147. The summed E-state index contributed by atoms with van der Waals surface area (Å²) in [6.07, 6.45) is 0. The van der Waals surface area contributed by atoms with Gasteiger partial charge < -0.3 is 4.90 Å². The van der Waals surface area contributed by atoms with E-state index in [2.05, 4.69) is 343 Å². The van der Waals surface area contributed by atoms with E-state index in [0.29, 0.717) is 0 Å². The third-order valence-corrected chi connectivity index (χ3v) is 18.4. The predicted octanol–water partition coefficient (Wildman–Crippen LogP) is 22.9. The molecule has 1 heterocycles. The van der Waals surface area contributed by atoms with Crippen molar-refractivity contribution in [2.24, 2.45) is 0 Å². The molecule has 0 radical (unpaired) electrons. The van der Waals surface area contributed by atoms with Crippen LogP contribution >= 0.6 is 0 Å². The summed E-state index contributed by atoms with van der Waals surface area (Å²) >= 11 is 0. The van der Waals surface area contributed by atoms with Crippen LogP contribution in [0.15, 0.2) is 255 Å². The van der Waals surface area contributed by atoms with Gasteiger partial charge in [0.25, 0.3) is 0 Å². The average Bonchev–Trinajstić information content (AvgIpc) is 0.715. The second kappa shape index (κ2) is 20.8. The van der Waals surface area contributed by atoms with Gasteiger partial charge in [0.15, 0.2) is 0 Å². The molecule has 0 aromatic heterocycles. The molecule has 0 spiro atoms. The van der Waals surface area contributed by atoms with Gasteiger partial charge in [-0.25, -0.2) is 0 Å². The zero-order valence-electron chi connectivity index (χ0n) is 51.8. The van der Waals surface area contributed by atoms with E-state index in [9.17, 15) is 0 Å². The molecule has 1 aliphatic carbocycles. The molecule has 2 aliphatic rings. The predicted molar refractivity (Wildman–Crippen MR) is 362 cm³/mol. The summed E-state index contributed by atoms with van der Waals surface area (Å²) in [7, 11) is 0. The molecule has 1 nitrogen and oxygen atoms in total. The van der Waals surface area contributed by atoms with Crippen molar-refractivity contribution in [3.63, 3.8) is 0 Å². The molecule has 11 aromatic rings.